The maximum absolute atomic E-state index is 9.34. The quantitative estimate of drug-likeness (QED) is 0.701. The molecule has 0 unspecified atom stereocenters. The number of halogens is 1. The van der Waals surface area contributed by atoms with Gasteiger partial charge in [0.1, 0.15) is 0 Å². The molecular weight excluding hydrogens is 220 g/mol. The number of aryl methyl sites for hydroxylation is 1. The largest absolute Gasteiger partial charge is 0.427 e. The summed E-state index contributed by atoms with van der Waals surface area (Å²) in [6.45, 7) is 1.90. The molecule has 62 valence electrons. The van der Waals surface area contributed by atoms with Crippen molar-refractivity contribution in [3.05, 3.63) is 28.5 Å². The van der Waals surface area contributed by atoms with Crippen molar-refractivity contribution in [3.63, 3.8) is 0 Å². The second kappa shape index (κ2) is 2.48. The molecule has 0 aliphatic carbocycles. The van der Waals surface area contributed by atoms with Gasteiger partial charge in [0, 0.05) is 21.9 Å². The van der Waals surface area contributed by atoms with E-state index < -0.39 is 0 Å². The van der Waals surface area contributed by atoms with Gasteiger partial charge in [-0.3, -0.25) is 0 Å². The molecule has 0 aromatic heterocycles. The van der Waals surface area contributed by atoms with Gasteiger partial charge in [0.05, 0.1) is 0 Å². The van der Waals surface area contributed by atoms with Crippen molar-refractivity contribution in [3.8, 4) is 11.4 Å². The predicted octanol–water partition coefficient (Wildman–Crippen LogP) is 2.30. The molecule has 0 amide bonds. The molecule has 4 heteroatoms. The van der Waals surface area contributed by atoms with Gasteiger partial charge < -0.3 is 5.21 Å². The molecule has 0 radical (unpaired) electrons. The van der Waals surface area contributed by atoms with E-state index in [-0.39, 0.29) is 0 Å². The second-order valence-electron chi connectivity index (χ2n) is 2.64. The van der Waals surface area contributed by atoms with Gasteiger partial charge in [-0.15, -0.1) is 0 Å². The Morgan fingerprint density at radius 2 is 2.33 bits per heavy atom. The normalized spacial score (nSPS) is 10.8. The highest BCUT2D eigenvalue weighted by atomic mass is 79.9. The lowest BCUT2D eigenvalue weighted by atomic mass is 10.2. The van der Waals surface area contributed by atoms with E-state index in [1.165, 1.54) is 0 Å². The zero-order valence-electron chi connectivity index (χ0n) is 6.45. The molecule has 0 bridgehead atoms. The summed E-state index contributed by atoms with van der Waals surface area (Å²) in [7, 11) is 0. The van der Waals surface area contributed by atoms with Crippen LogP contribution in [-0.4, -0.2) is 14.9 Å². The fraction of sp³-hybridized carbons (Fsp3) is 0.125. The van der Waals surface area contributed by atoms with Crippen LogP contribution in [0.2, 0.25) is 0 Å². The van der Waals surface area contributed by atoms with Crippen LogP contribution in [0.1, 0.15) is 5.69 Å². The molecule has 0 fully saturated rings. The maximum atomic E-state index is 9.34. The van der Waals surface area contributed by atoms with E-state index in [0.717, 1.165) is 20.5 Å². The minimum absolute atomic E-state index is 0.585. The summed E-state index contributed by atoms with van der Waals surface area (Å²) >= 11 is 3.38. The number of fused-ring (bicyclic) bond motifs is 1. The van der Waals surface area contributed by atoms with Crippen LogP contribution in [0.5, 0.6) is 0 Å². The van der Waals surface area contributed by atoms with Crippen LogP contribution < -0.4 is 0 Å². The summed E-state index contributed by atoms with van der Waals surface area (Å²) in [6.07, 6.45) is 1.55. The summed E-state index contributed by atoms with van der Waals surface area (Å²) in [5.41, 5.74) is 1.83. The van der Waals surface area contributed by atoms with Gasteiger partial charge in [0.2, 0.25) is 0 Å². The topological polar surface area (TPSA) is 38.0 Å². The van der Waals surface area contributed by atoms with Crippen LogP contribution in [0, 0.1) is 6.92 Å². The van der Waals surface area contributed by atoms with Gasteiger partial charge in [-0.1, -0.05) is 0 Å². The highest BCUT2D eigenvalue weighted by molar-refractivity contribution is 9.10. The minimum Gasteiger partial charge on any atom is -0.427 e. The Labute approximate surface area is 78.1 Å². The van der Waals surface area contributed by atoms with Gasteiger partial charge >= 0.3 is 0 Å². The molecule has 12 heavy (non-hydrogen) atoms. The molecule has 0 atom stereocenters. The van der Waals surface area contributed by atoms with Crippen LogP contribution in [0.4, 0.5) is 0 Å². The van der Waals surface area contributed by atoms with E-state index in [0.29, 0.717) is 5.82 Å². The van der Waals surface area contributed by atoms with E-state index in [1.54, 1.807) is 12.3 Å². The predicted molar refractivity (Wildman–Crippen MR) is 48.5 cm³/mol. The van der Waals surface area contributed by atoms with Crippen LogP contribution in [0.3, 0.4) is 0 Å². The number of aromatic nitrogens is 2. The summed E-state index contributed by atoms with van der Waals surface area (Å²) in [4.78, 5) is 4.16. The van der Waals surface area contributed by atoms with Crippen LogP contribution in [-0.2, 0) is 0 Å². The smallest absolute Gasteiger partial charge is 0.176 e. The summed E-state index contributed by atoms with van der Waals surface area (Å²) < 4.78 is 1.97. The molecule has 2 rings (SSSR count). The van der Waals surface area contributed by atoms with E-state index in [1.807, 2.05) is 13.0 Å². The third-order valence-corrected chi connectivity index (χ3v) is 2.40. The Kier molecular flexibility index (Phi) is 1.58. The summed E-state index contributed by atoms with van der Waals surface area (Å²) in [5, 5.41) is 9.34. The van der Waals surface area contributed by atoms with Gasteiger partial charge in [0.25, 0.3) is 0 Å². The van der Waals surface area contributed by atoms with Gasteiger partial charge in [-0.2, -0.15) is 4.73 Å². The molecule has 0 aromatic carbocycles. The van der Waals surface area contributed by atoms with Crippen LogP contribution in [0.15, 0.2) is 22.8 Å². The number of hydrogen-bond acceptors (Lipinski definition) is 2. The van der Waals surface area contributed by atoms with Gasteiger partial charge in [-0.05, 0) is 35.0 Å². The highest BCUT2D eigenvalue weighted by Crippen LogP contribution is 2.29. The third kappa shape index (κ3) is 0.992. The van der Waals surface area contributed by atoms with E-state index in [9.17, 15) is 5.21 Å². The zero-order chi connectivity index (χ0) is 8.72. The summed E-state index contributed by atoms with van der Waals surface area (Å²) in [5.74, 6) is 0.585. The third-order valence-electron chi connectivity index (χ3n) is 1.71. The standard InChI is InChI=1S/C8H7BrN2O/c1-5-4-6-7(9)2-3-11(12)8(6)10-5/h2-4,12H,1H3. The number of nitrogens with zero attached hydrogens (tertiary/aromatic N) is 2. The molecule has 0 aromatic rings. The first-order valence-corrected chi connectivity index (χ1v) is 4.31. The monoisotopic (exact) mass is 226 g/mol. The second-order valence-corrected chi connectivity index (χ2v) is 3.50. The Bertz CT molecular complexity index is 361. The first-order chi connectivity index (χ1) is 5.68. The van der Waals surface area contributed by atoms with Crippen molar-refractivity contribution >= 4 is 15.9 Å². The molecule has 0 spiro atoms. The molecule has 2 aliphatic rings. The van der Waals surface area contributed by atoms with E-state index in [4.69, 9.17) is 0 Å². The van der Waals surface area contributed by atoms with Crippen molar-refractivity contribution in [1.29, 1.82) is 0 Å². The Hall–Kier alpha value is -1.03. The van der Waals surface area contributed by atoms with Crippen molar-refractivity contribution < 1.29 is 5.21 Å². The Balaban J connectivity index is 2.82. The first kappa shape index (κ1) is 7.61. The highest BCUT2D eigenvalue weighted by Gasteiger charge is 2.12. The molecule has 1 N–H and O–H groups in total. The Morgan fingerprint density at radius 1 is 1.58 bits per heavy atom. The lowest BCUT2D eigenvalue weighted by Crippen LogP contribution is -1.97. The van der Waals surface area contributed by atoms with Gasteiger partial charge in [0.15, 0.2) is 5.82 Å². The molecule has 2 heterocycles. The van der Waals surface area contributed by atoms with E-state index in [2.05, 4.69) is 20.9 Å². The number of pyridine rings is 1. The SMILES string of the molecule is Cc1cc2c(Br)ccn(O)c-2n1. The molecule has 2 aliphatic heterocycles. The lowest BCUT2D eigenvalue weighted by Gasteiger charge is -2.04. The summed E-state index contributed by atoms with van der Waals surface area (Å²) in [6, 6.07) is 3.70. The zero-order valence-corrected chi connectivity index (χ0v) is 8.04. The maximum Gasteiger partial charge on any atom is 0.176 e. The molecule has 0 saturated carbocycles. The number of hydrogen-bond donors (Lipinski definition) is 1. The van der Waals surface area contributed by atoms with Crippen molar-refractivity contribution in [2.75, 3.05) is 0 Å². The minimum atomic E-state index is 0.585. The molecule has 3 nitrogen and oxygen atoms in total. The number of rotatable bonds is 0. The van der Waals surface area contributed by atoms with Crippen molar-refractivity contribution in [1.82, 2.24) is 9.71 Å². The Morgan fingerprint density at radius 3 is 3.00 bits per heavy atom. The van der Waals surface area contributed by atoms with Crippen molar-refractivity contribution in [2.45, 2.75) is 6.92 Å². The molecule has 0 saturated heterocycles. The molecular formula is C8H7BrN2O. The first-order valence-electron chi connectivity index (χ1n) is 3.52. The van der Waals surface area contributed by atoms with Crippen molar-refractivity contribution in [2.24, 2.45) is 0 Å². The fourth-order valence-electron chi connectivity index (χ4n) is 1.18. The van der Waals surface area contributed by atoms with Crippen LogP contribution >= 0.6 is 15.9 Å². The fourth-order valence-corrected chi connectivity index (χ4v) is 1.59. The lowest BCUT2D eigenvalue weighted by molar-refractivity contribution is 0.186. The average Bonchev–Trinajstić information content (AvgIpc) is 2.41. The van der Waals surface area contributed by atoms with E-state index >= 15 is 0 Å². The van der Waals surface area contributed by atoms with Gasteiger partial charge in [-0.25, -0.2) is 4.98 Å². The van der Waals surface area contributed by atoms with Crippen LogP contribution in [0.25, 0.3) is 11.4 Å². The average molecular weight is 227 g/mol.